The van der Waals surface area contributed by atoms with E-state index in [9.17, 15) is 18.8 Å². The number of carbonyl (C=O) groups excluding carboxylic acids is 1. The highest BCUT2D eigenvalue weighted by Gasteiger charge is 2.11. The number of nitrogens with one attached hydrogen (secondary N) is 1. The molecule has 0 saturated carbocycles. The number of rotatable bonds is 17. The van der Waals surface area contributed by atoms with Crippen molar-refractivity contribution in [2.75, 3.05) is 11.9 Å². The molecule has 2 aromatic carbocycles. The highest BCUT2D eigenvalue weighted by Crippen LogP contribution is 2.26. The molecule has 2 aromatic rings. The molecule has 0 atom stereocenters. The second-order valence-corrected chi connectivity index (χ2v) is 9.69. The minimum Gasteiger partial charge on any atom is -0.494 e. The van der Waals surface area contributed by atoms with E-state index >= 15 is 0 Å². The maximum Gasteiger partial charge on any atom is 0.288 e. The monoisotopic (exact) mass is 514 g/mol. The maximum atomic E-state index is 12.5. The molecule has 0 heterocycles. The summed E-state index contributed by atoms with van der Waals surface area (Å²) in [6.45, 7) is 2.92. The fraction of sp³-hybridized carbons (Fsp3) is 0.448. The molecule has 4 nitrogen and oxygen atoms in total. The van der Waals surface area contributed by atoms with Gasteiger partial charge in [0, 0.05) is 10.6 Å². The Morgan fingerprint density at radius 3 is 2.08 bits per heavy atom. The summed E-state index contributed by atoms with van der Waals surface area (Å²) in [7, 11) is 0. The number of anilines is 1. The van der Waals surface area contributed by atoms with Crippen LogP contribution in [0.5, 0.6) is 5.75 Å². The Bertz CT molecular complexity index is 970. The lowest BCUT2D eigenvalue weighted by Gasteiger charge is -2.07. The summed E-state index contributed by atoms with van der Waals surface area (Å²) in [6.07, 6.45) is 14.3. The third-order valence-corrected chi connectivity index (χ3v) is 6.38. The van der Waals surface area contributed by atoms with Crippen molar-refractivity contribution in [1.29, 1.82) is 5.26 Å². The van der Waals surface area contributed by atoms with E-state index in [1.165, 1.54) is 88.1 Å². The molecule has 0 aliphatic rings. The van der Waals surface area contributed by atoms with Crippen LogP contribution in [-0.2, 0) is 4.79 Å². The van der Waals surface area contributed by atoms with E-state index in [0.29, 0.717) is 34.5 Å². The van der Waals surface area contributed by atoms with Gasteiger partial charge in [-0.3, -0.25) is 4.79 Å². The van der Waals surface area contributed by atoms with Crippen molar-refractivity contribution >= 4 is 29.4 Å². The molecule has 0 aliphatic heterocycles. The highest BCUT2D eigenvalue weighted by molar-refractivity contribution is 7.99. The van der Waals surface area contributed by atoms with Crippen LogP contribution in [0.3, 0.4) is 0 Å². The summed E-state index contributed by atoms with van der Waals surface area (Å²) in [5, 5.41) is 12.0. The Kier molecular flexibility index (Phi) is 14.3. The van der Waals surface area contributed by atoms with Crippen LogP contribution in [0.4, 0.5) is 14.5 Å². The van der Waals surface area contributed by atoms with Crippen LogP contribution < -0.4 is 10.1 Å². The van der Waals surface area contributed by atoms with Gasteiger partial charge in [0.05, 0.1) is 6.61 Å². The van der Waals surface area contributed by atoms with Crippen molar-refractivity contribution in [3.8, 4) is 11.8 Å². The molecule has 0 saturated heterocycles. The molecule has 0 radical (unpaired) electrons. The van der Waals surface area contributed by atoms with Crippen molar-refractivity contribution in [3.63, 3.8) is 0 Å². The van der Waals surface area contributed by atoms with E-state index in [1.54, 1.807) is 12.1 Å². The average Bonchev–Trinajstić information content (AvgIpc) is 2.87. The number of hydrogen-bond acceptors (Lipinski definition) is 4. The molecule has 0 aromatic heterocycles. The Morgan fingerprint density at radius 1 is 0.944 bits per heavy atom. The first kappa shape index (κ1) is 29.4. The predicted octanol–water partition coefficient (Wildman–Crippen LogP) is 8.85. The van der Waals surface area contributed by atoms with Gasteiger partial charge in [-0.2, -0.15) is 14.0 Å². The largest absolute Gasteiger partial charge is 0.494 e. The fourth-order valence-electron chi connectivity index (χ4n) is 3.67. The normalized spacial score (nSPS) is 11.4. The van der Waals surface area contributed by atoms with Crippen LogP contribution in [0, 0.1) is 11.3 Å². The van der Waals surface area contributed by atoms with Crippen LogP contribution >= 0.6 is 11.8 Å². The molecule has 7 heteroatoms. The van der Waals surface area contributed by atoms with Crippen LogP contribution in [-0.4, -0.2) is 18.3 Å². The second kappa shape index (κ2) is 17.6. The van der Waals surface area contributed by atoms with Gasteiger partial charge in [0.1, 0.15) is 17.4 Å². The van der Waals surface area contributed by atoms with E-state index in [-0.39, 0.29) is 5.57 Å². The number of unbranched alkanes of at least 4 members (excludes halogenated alkanes) is 9. The van der Waals surface area contributed by atoms with Crippen LogP contribution in [0.1, 0.15) is 76.7 Å². The van der Waals surface area contributed by atoms with E-state index < -0.39 is 11.7 Å². The van der Waals surface area contributed by atoms with Gasteiger partial charge in [0.25, 0.3) is 11.7 Å². The average molecular weight is 515 g/mol. The zero-order valence-corrected chi connectivity index (χ0v) is 21.8. The molecule has 0 bridgehead atoms. The van der Waals surface area contributed by atoms with Crippen LogP contribution in [0.15, 0.2) is 59.0 Å². The number of benzene rings is 2. The van der Waals surface area contributed by atoms with E-state index in [2.05, 4.69) is 12.2 Å². The van der Waals surface area contributed by atoms with Crippen molar-refractivity contribution in [2.24, 2.45) is 0 Å². The molecule has 1 amide bonds. The standard InChI is InChI=1S/C29H36F2N2O2S/c1-2-3-4-5-6-7-8-9-10-11-20-35-26-16-12-23(13-17-26)21-24(22-32)28(34)33-25-14-18-27(19-15-25)36-29(30)31/h12-19,21,29H,2-11,20H2,1H3,(H,33,34). The lowest BCUT2D eigenvalue weighted by Crippen LogP contribution is -2.13. The van der Waals surface area contributed by atoms with E-state index in [1.807, 2.05) is 18.2 Å². The van der Waals surface area contributed by atoms with Crippen LogP contribution in [0.25, 0.3) is 6.08 Å². The first-order valence-electron chi connectivity index (χ1n) is 12.7. The third-order valence-electron chi connectivity index (χ3n) is 5.66. The molecule has 0 fully saturated rings. The summed E-state index contributed by atoms with van der Waals surface area (Å²) >= 11 is 0.432. The number of halogens is 2. The van der Waals surface area contributed by atoms with Gasteiger partial charge in [0.15, 0.2) is 0 Å². The number of amides is 1. The summed E-state index contributed by atoms with van der Waals surface area (Å²) in [4.78, 5) is 12.9. The minimum absolute atomic E-state index is 0.0555. The number of carbonyl (C=O) groups is 1. The van der Waals surface area contributed by atoms with Gasteiger partial charge in [-0.25, -0.2) is 0 Å². The first-order valence-corrected chi connectivity index (χ1v) is 13.6. The molecule has 1 N–H and O–H groups in total. The lowest BCUT2D eigenvalue weighted by atomic mass is 10.1. The zero-order valence-electron chi connectivity index (χ0n) is 21.0. The number of nitrogens with zero attached hydrogens (tertiary/aromatic N) is 1. The maximum absolute atomic E-state index is 12.5. The third kappa shape index (κ3) is 12.2. The summed E-state index contributed by atoms with van der Waals surface area (Å²) in [5.41, 5.74) is 1.08. The number of ether oxygens (including phenoxy) is 1. The van der Waals surface area contributed by atoms with Crippen LogP contribution in [0.2, 0.25) is 0 Å². The highest BCUT2D eigenvalue weighted by atomic mass is 32.2. The number of alkyl halides is 2. The predicted molar refractivity (Wildman–Crippen MR) is 144 cm³/mol. The first-order chi connectivity index (χ1) is 17.5. The van der Waals surface area contributed by atoms with Crippen molar-refractivity contribution in [2.45, 2.75) is 81.8 Å². The molecule has 2 rings (SSSR count). The summed E-state index contributed by atoms with van der Waals surface area (Å²) in [5.74, 6) is -2.31. The minimum atomic E-state index is -2.50. The Hall–Kier alpha value is -2.85. The number of nitriles is 1. The van der Waals surface area contributed by atoms with Gasteiger partial charge in [-0.1, -0.05) is 88.6 Å². The van der Waals surface area contributed by atoms with Gasteiger partial charge in [-0.15, -0.1) is 0 Å². The van der Waals surface area contributed by atoms with Gasteiger partial charge >= 0.3 is 0 Å². The second-order valence-electron chi connectivity index (χ2n) is 8.63. The Balaban J connectivity index is 1.72. The Morgan fingerprint density at radius 2 is 1.53 bits per heavy atom. The Labute approximate surface area is 218 Å². The van der Waals surface area contributed by atoms with Crippen molar-refractivity contribution in [1.82, 2.24) is 0 Å². The quantitative estimate of drug-likeness (QED) is 0.0991. The fourth-order valence-corrected chi connectivity index (χ4v) is 4.17. The number of thioether (sulfide) groups is 1. The molecule has 36 heavy (non-hydrogen) atoms. The van der Waals surface area contributed by atoms with Crippen molar-refractivity contribution < 1.29 is 18.3 Å². The van der Waals surface area contributed by atoms with E-state index in [0.717, 1.165) is 12.2 Å². The molecular formula is C29H36F2N2O2S. The summed E-state index contributed by atoms with van der Waals surface area (Å²) in [6, 6.07) is 15.2. The summed E-state index contributed by atoms with van der Waals surface area (Å²) < 4.78 is 30.7. The molecular weight excluding hydrogens is 478 g/mol. The molecule has 194 valence electrons. The van der Waals surface area contributed by atoms with Gasteiger partial charge < -0.3 is 10.1 Å². The SMILES string of the molecule is CCCCCCCCCCCCOc1ccc(C=C(C#N)C(=O)Nc2ccc(SC(F)F)cc2)cc1. The molecule has 0 spiro atoms. The molecule has 0 aliphatic carbocycles. The smallest absolute Gasteiger partial charge is 0.288 e. The van der Waals surface area contributed by atoms with Gasteiger partial charge in [0.2, 0.25) is 0 Å². The van der Waals surface area contributed by atoms with Gasteiger partial charge in [-0.05, 0) is 54.5 Å². The lowest BCUT2D eigenvalue weighted by molar-refractivity contribution is -0.112. The molecule has 0 unspecified atom stereocenters. The zero-order chi connectivity index (χ0) is 26.0. The van der Waals surface area contributed by atoms with Crippen molar-refractivity contribution in [3.05, 3.63) is 59.7 Å². The topological polar surface area (TPSA) is 62.1 Å². The van der Waals surface area contributed by atoms with E-state index in [4.69, 9.17) is 4.74 Å². The number of hydrogen-bond donors (Lipinski definition) is 1.